The van der Waals surface area contributed by atoms with E-state index >= 15 is 0 Å². The van der Waals surface area contributed by atoms with Gasteiger partial charge in [0.1, 0.15) is 11.4 Å². The highest BCUT2D eigenvalue weighted by Gasteiger charge is 2.40. The molecule has 1 aliphatic heterocycles. The van der Waals surface area contributed by atoms with E-state index in [4.69, 9.17) is 4.74 Å². The summed E-state index contributed by atoms with van der Waals surface area (Å²) >= 11 is 0. The van der Waals surface area contributed by atoms with E-state index in [2.05, 4.69) is 5.32 Å². The number of imide groups is 1. The SMILES string of the molecule is CCOc1ccccc1NC1=C(c2ccccc2)C(=O)N(Cc2cccc(C(F)(F)F)c2)C1=O. The lowest BCUT2D eigenvalue weighted by Crippen LogP contribution is -2.32. The number of nitrogens with zero attached hydrogens (tertiary/aromatic N) is 1. The minimum absolute atomic E-state index is 0.0373. The first kappa shape index (κ1) is 23.1. The first-order valence-corrected chi connectivity index (χ1v) is 10.6. The molecule has 34 heavy (non-hydrogen) atoms. The number of nitrogens with one attached hydrogen (secondary N) is 1. The maximum Gasteiger partial charge on any atom is 0.416 e. The molecule has 0 spiro atoms. The molecule has 8 heteroatoms. The molecule has 0 fully saturated rings. The van der Waals surface area contributed by atoms with Gasteiger partial charge < -0.3 is 10.1 Å². The molecule has 0 unspecified atom stereocenters. The van der Waals surface area contributed by atoms with E-state index in [-0.39, 0.29) is 23.4 Å². The Morgan fingerprint density at radius 1 is 0.882 bits per heavy atom. The second-order valence-electron chi connectivity index (χ2n) is 7.56. The maximum absolute atomic E-state index is 13.4. The third kappa shape index (κ3) is 4.66. The van der Waals surface area contributed by atoms with E-state index in [1.807, 2.05) is 6.92 Å². The van der Waals surface area contributed by atoms with Crippen LogP contribution in [0.3, 0.4) is 0 Å². The fourth-order valence-electron chi connectivity index (χ4n) is 3.72. The van der Waals surface area contributed by atoms with Crippen LogP contribution in [-0.2, 0) is 22.3 Å². The first-order valence-electron chi connectivity index (χ1n) is 10.6. The number of anilines is 1. The second kappa shape index (κ2) is 9.43. The molecule has 3 aromatic carbocycles. The fraction of sp³-hybridized carbons (Fsp3) is 0.154. The van der Waals surface area contributed by atoms with Crippen molar-refractivity contribution in [1.82, 2.24) is 4.90 Å². The predicted molar refractivity (Wildman–Crippen MR) is 122 cm³/mol. The highest BCUT2D eigenvalue weighted by Crippen LogP contribution is 2.35. The molecule has 0 saturated carbocycles. The molecule has 1 aliphatic rings. The summed E-state index contributed by atoms with van der Waals surface area (Å²) in [7, 11) is 0. The molecule has 0 aromatic heterocycles. The number of benzene rings is 3. The predicted octanol–water partition coefficient (Wildman–Crippen LogP) is 5.50. The van der Waals surface area contributed by atoms with E-state index < -0.39 is 23.6 Å². The lowest BCUT2D eigenvalue weighted by atomic mass is 10.0. The molecule has 2 amide bonds. The zero-order chi connectivity index (χ0) is 24.3. The average molecular weight is 466 g/mol. The summed E-state index contributed by atoms with van der Waals surface area (Å²) in [5.41, 5.74) is 0.544. The van der Waals surface area contributed by atoms with Gasteiger partial charge in [-0.15, -0.1) is 0 Å². The Morgan fingerprint density at radius 3 is 2.29 bits per heavy atom. The molecule has 3 aromatic rings. The van der Waals surface area contributed by atoms with Gasteiger partial charge in [-0.3, -0.25) is 14.5 Å². The van der Waals surface area contributed by atoms with Gasteiger partial charge in [-0.25, -0.2) is 0 Å². The molecule has 0 radical (unpaired) electrons. The summed E-state index contributed by atoms with van der Waals surface area (Å²) in [6, 6.07) is 20.2. The average Bonchev–Trinajstić information content (AvgIpc) is 3.05. The van der Waals surface area contributed by atoms with Gasteiger partial charge in [-0.05, 0) is 42.3 Å². The molecule has 4 rings (SSSR count). The van der Waals surface area contributed by atoms with Gasteiger partial charge in [0, 0.05) is 0 Å². The maximum atomic E-state index is 13.4. The monoisotopic (exact) mass is 466 g/mol. The Kier molecular flexibility index (Phi) is 6.40. The number of amides is 2. The van der Waals surface area contributed by atoms with Crippen LogP contribution in [0.5, 0.6) is 5.75 Å². The smallest absolute Gasteiger partial charge is 0.416 e. The number of halogens is 3. The number of ether oxygens (including phenoxy) is 1. The fourth-order valence-corrected chi connectivity index (χ4v) is 3.72. The molecule has 0 atom stereocenters. The van der Waals surface area contributed by atoms with Gasteiger partial charge in [0.15, 0.2) is 0 Å². The summed E-state index contributed by atoms with van der Waals surface area (Å²) in [5, 5.41) is 3.04. The van der Waals surface area contributed by atoms with Gasteiger partial charge in [0.2, 0.25) is 0 Å². The van der Waals surface area contributed by atoms with Crippen LogP contribution in [0.2, 0.25) is 0 Å². The van der Waals surface area contributed by atoms with Gasteiger partial charge in [-0.1, -0.05) is 54.6 Å². The van der Waals surface area contributed by atoms with Crippen molar-refractivity contribution in [2.45, 2.75) is 19.6 Å². The molecule has 0 aliphatic carbocycles. The van der Waals surface area contributed by atoms with E-state index in [0.29, 0.717) is 23.6 Å². The Balaban J connectivity index is 1.72. The van der Waals surface area contributed by atoms with Crippen LogP contribution < -0.4 is 10.1 Å². The van der Waals surface area contributed by atoms with Crippen molar-refractivity contribution in [3.63, 3.8) is 0 Å². The van der Waals surface area contributed by atoms with E-state index in [1.165, 1.54) is 12.1 Å². The lowest BCUT2D eigenvalue weighted by molar-refractivity contribution is -0.137. The number of hydrogen-bond acceptors (Lipinski definition) is 4. The van der Waals surface area contributed by atoms with E-state index in [1.54, 1.807) is 54.6 Å². The van der Waals surface area contributed by atoms with Gasteiger partial charge in [-0.2, -0.15) is 13.2 Å². The number of carbonyl (C=O) groups excluding carboxylic acids is 2. The summed E-state index contributed by atoms with van der Waals surface area (Å²) in [6.45, 7) is 1.93. The number of rotatable bonds is 7. The largest absolute Gasteiger partial charge is 0.492 e. The quantitative estimate of drug-likeness (QED) is 0.468. The van der Waals surface area contributed by atoms with Crippen molar-refractivity contribution in [2.24, 2.45) is 0 Å². The molecular formula is C26H21F3N2O3. The number of para-hydroxylation sites is 2. The second-order valence-corrected chi connectivity index (χ2v) is 7.56. The standard InChI is InChI=1S/C26H21F3N2O3/c1-2-34-21-14-7-6-13-20(21)30-23-22(18-10-4-3-5-11-18)24(32)31(25(23)33)16-17-9-8-12-19(15-17)26(27,28)29/h3-15,30H,2,16H2,1H3. The Morgan fingerprint density at radius 2 is 1.59 bits per heavy atom. The number of hydrogen-bond donors (Lipinski definition) is 1. The summed E-state index contributed by atoms with van der Waals surface area (Å²) in [5.74, 6) is -0.723. The molecule has 1 N–H and O–H groups in total. The highest BCUT2D eigenvalue weighted by molar-refractivity contribution is 6.36. The Labute approximate surface area is 194 Å². The summed E-state index contributed by atoms with van der Waals surface area (Å²) < 4.78 is 45.1. The highest BCUT2D eigenvalue weighted by atomic mass is 19.4. The van der Waals surface area contributed by atoms with Crippen LogP contribution in [0.1, 0.15) is 23.6 Å². The normalized spacial score (nSPS) is 14.1. The van der Waals surface area contributed by atoms with Crippen LogP contribution in [0.15, 0.2) is 84.6 Å². The Hall–Kier alpha value is -4.07. The van der Waals surface area contributed by atoms with Gasteiger partial charge in [0.25, 0.3) is 11.8 Å². The van der Waals surface area contributed by atoms with Gasteiger partial charge >= 0.3 is 6.18 Å². The van der Waals surface area contributed by atoms with Crippen molar-refractivity contribution in [2.75, 3.05) is 11.9 Å². The van der Waals surface area contributed by atoms with Crippen LogP contribution in [-0.4, -0.2) is 23.3 Å². The van der Waals surface area contributed by atoms with Crippen molar-refractivity contribution in [1.29, 1.82) is 0 Å². The lowest BCUT2D eigenvalue weighted by Gasteiger charge is -2.17. The third-order valence-electron chi connectivity index (χ3n) is 5.27. The zero-order valence-corrected chi connectivity index (χ0v) is 18.2. The van der Waals surface area contributed by atoms with Crippen LogP contribution in [0.25, 0.3) is 5.57 Å². The van der Waals surface area contributed by atoms with Crippen molar-refractivity contribution in [3.8, 4) is 5.75 Å². The molecule has 0 saturated heterocycles. The van der Waals surface area contributed by atoms with Gasteiger partial charge in [0.05, 0.1) is 30.0 Å². The third-order valence-corrected chi connectivity index (χ3v) is 5.27. The first-order chi connectivity index (χ1) is 16.3. The van der Waals surface area contributed by atoms with Crippen molar-refractivity contribution < 1.29 is 27.5 Å². The molecule has 1 heterocycles. The number of alkyl halides is 3. The molecule has 5 nitrogen and oxygen atoms in total. The molecule has 0 bridgehead atoms. The number of carbonyl (C=O) groups is 2. The topological polar surface area (TPSA) is 58.6 Å². The summed E-state index contributed by atoms with van der Waals surface area (Å²) in [6.07, 6.45) is -4.53. The molecular weight excluding hydrogens is 445 g/mol. The van der Waals surface area contributed by atoms with Crippen LogP contribution >= 0.6 is 0 Å². The zero-order valence-electron chi connectivity index (χ0n) is 18.2. The minimum Gasteiger partial charge on any atom is -0.492 e. The Bertz CT molecular complexity index is 1250. The van der Waals surface area contributed by atoms with Crippen LogP contribution in [0, 0.1) is 0 Å². The van der Waals surface area contributed by atoms with Crippen LogP contribution in [0.4, 0.5) is 18.9 Å². The molecule has 174 valence electrons. The van der Waals surface area contributed by atoms with E-state index in [9.17, 15) is 22.8 Å². The minimum atomic E-state index is -4.53. The van der Waals surface area contributed by atoms with Crippen molar-refractivity contribution in [3.05, 3.63) is 101 Å². The van der Waals surface area contributed by atoms with Crippen molar-refractivity contribution >= 4 is 23.1 Å². The van der Waals surface area contributed by atoms with E-state index in [0.717, 1.165) is 17.0 Å². The summed E-state index contributed by atoms with van der Waals surface area (Å²) in [4.78, 5) is 27.7.